The van der Waals surface area contributed by atoms with Crippen LogP contribution in [0, 0.1) is 3.57 Å². The second-order valence-corrected chi connectivity index (χ2v) is 34.7. The number of aromatic nitrogens is 6. The van der Waals surface area contributed by atoms with Crippen LogP contribution in [0.3, 0.4) is 0 Å². The summed E-state index contributed by atoms with van der Waals surface area (Å²) in [5.74, 6) is 2.08. The van der Waals surface area contributed by atoms with Crippen molar-refractivity contribution in [1.29, 1.82) is 0 Å². The van der Waals surface area contributed by atoms with E-state index in [0.29, 0.717) is 62.4 Å². The molecule has 1 atom stereocenters. The first kappa shape index (κ1) is 87.6. The van der Waals surface area contributed by atoms with Crippen LogP contribution in [0.15, 0.2) is 134 Å². The van der Waals surface area contributed by atoms with Gasteiger partial charge in [0.15, 0.2) is 16.8 Å². The maximum atomic E-state index is 12.7. The molecule has 0 amide bonds. The Morgan fingerprint density at radius 3 is 1.55 bits per heavy atom. The molecule has 21 nitrogen and oxygen atoms in total. The number of benzene rings is 5. The SMILES string of the molecule is CN1CCN2c3ccc(Nc4ncc(Cl)c(Nc5ccccc5P(C)(C)=O)n4)cc3OCC2C1.CP(C)(=O)c1ccccc1N.CP(C)(=O)c1ccccc1Nc1nc(Cl)ncc1Cl.C[P+](C)=O.Clc1ncc(Cl)c(Cl)n1.Nc1ccccc1I.O=CO[O-].[K+].[K][K]. The molecule has 7 N–H and O–H groups in total. The maximum absolute atomic E-state index is 12.7. The zero-order valence-electron chi connectivity index (χ0n) is 52.6. The summed E-state index contributed by atoms with van der Waals surface area (Å²) >= 11 is 39.1. The van der Waals surface area contributed by atoms with Crippen LogP contribution in [0.5, 0.6) is 5.75 Å². The molecule has 2 aliphatic heterocycles. The second kappa shape index (κ2) is 44.6. The number of nitrogen functional groups attached to an aromatic ring is 2. The van der Waals surface area contributed by atoms with Crippen LogP contribution in [-0.4, -0.2) is 197 Å². The minimum atomic E-state index is -2.49. The predicted octanol–water partition coefficient (Wildman–Crippen LogP) is 9.73. The monoisotopic (exact) mass is 1640 g/mol. The van der Waals surface area contributed by atoms with Crippen LogP contribution in [0.4, 0.5) is 51.7 Å². The first-order valence-electron chi connectivity index (χ1n) is 27.2. The third-order valence-electron chi connectivity index (χ3n) is 11.7. The number of nitrogens with two attached hydrogens (primary N) is 2. The normalized spacial score (nSPS) is 12.7. The zero-order chi connectivity index (χ0) is 68.2. The summed E-state index contributed by atoms with van der Waals surface area (Å²) < 4.78 is 53.3. The Labute approximate surface area is 669 Å². The van der Waals surface area contributed by atoms with Crippen molar-refractivity contribution in [3.8, 4) is 5.75 Å². The number of piperazine rings is 1. The molecule has 35 heteroatoms. The molecule has 3 aromatic heterocycles. The summed E-state index contributed by atoms with van der Waals surface area (Å²) in [4.78, 5) is 39.8. The Balaban J connectivity index is 0.000000418. The molecule has 478 valence electrons. The summed E-state index contributed by atoms with van der Waals surface area (Å²) in [6.07, 6.45) is 4.31. The van der Waals surface area contributed by atoms with Crippen LogP contribution in [-0.2, 0) is 27.9 Å². The first-order valence-corrected chi connectivity index (χ1v) is 56.5. The average Bonchev–Trinajstić information content (AvgIpc) is 0.816. The van der Waals surface area contributed by atoms with Gasteiger partial charge in [-0.2, -0.15) is 9.97 Å². The standard InChI is InChI=1S/C24H28ClN6O2P.C12H12Cl2N3OP.C8H12NOP.C6H6IN.C4HCl3N2.C2H6OP.CH2O3.3K/c1-30-10-11-31-17(14-30)15-33-21-12-16(8-9-20(21)31)27-24-26-13-18(25)23(29-24)28-19-6-4-5-7-22(19)34(2,3)32;1-19(2,18)10-6-4-3-5-9(10)16-11-8(13)7-15-12(14)17-11;1-11(2,10)8-6-4-3-5-7(8)9;7-5-3-1-2-4-6(5)8;5-2-1-8-4(7)9-3(2)6;1-4(2)3;2-1-4-3;;;/h4-9,12-13,17H,10-11,14-15H2,1-3H3,(H2,26,27,28,29);3-7H,1-2H3,(H,15,16,17);3-6H,9H2,1-2H3;1-4H,8H2;1H;1-2H3;1,3H;;;/q;;;;;+1;;;;+1/p-1. The van der Waals surface area contributed by atoms with Crippen molar-refractivity contribution in [2.75, 3.05) is 119 Å². The Hall–Kier alpha value is -0.501. The number of carbonyl (C=O) groups is 1. The van der Waals surface area contributed by atoms with Crippen LogP contribution in [0.1, 0.15) is 0 Å². The van der Waals surface area contributed by atoms with Crippen molar-refractivity contribution in [1.82, 2.24) is 34.8 Å². The van der Waals surface area contributed by atoms with Crippen LogP contribution in [0.25, 0.3) is 0 Å². The van der Waals surface area contributed by atoms with E-state index < -0.39 is 29.2 Å². The number of para-hydroxylation sites is 4. The third kappa shape index (κ3) is 31.8. The third-order valence-corrected chi connectivity index (χ3v) is 18.9. The molecule has 10 rings (SSSR count). The van der Waals surface area contributed by atoms with Crippen LogP contribution < -0.4 is 110 Å². The molecular formula is C57H66Cl6IK3N13O8P4+. The molecule has 0 radical (unpaired) electrons. The summed E-state index contributed by atoms with van der Waals surface area (Å²) in [6.45, 7) is 17.2. The summed E-state index contributed by atoms with van der Waals surface area (Å²) in [5, 5.41) is 21.6. The molecule has 2 aliphatic rings. The first-order chi connectivity index (χ1) is 42.8. The molecule has 0 bridgehead atoms. The van der Waals surface area contributed by atoms with Crippen molar-refractivity contribution < 1.29 is 89.3 Å². The molecule has 1 saturated heterocycles. The summed E-state index contributed by atoms with van der Waals surface area (Å²) in [5.41, 5.74) is 16.0. The number of nitrogens with zero attached hydrogens (tertiary/aromatic N) is 8. The van der Waals surface area contributed by atoms with Crippen molar-refractivity contribution >= 4 is 259 Å². The van der Waals surface area contributed by atoms with Crippen LogP contribution in [0.2, 0.25) is 30.8 Å². The van der Waals surface area contributed by atoms with E-state index in [-0.39, 0.29) is 73.6 Å². The van der Waals surface area contributed by atoms with Crippen LogP contribution >= 0.6 is 121 Å². The van der Waals surface area contributed by atoms with Gasteiger partial charge in [-0.05, 0) is 153 Å². The van der Waals surface area contributed by atoms with Gasteiger partial charge in [-0.1, -0.05) is 99.5 Å². The van der Waals surface area contributed by atoms with E-state index in [1.807, 2.05) is 103 Å². The van der Waals surface area contributed by atoms with E-state index in [4.69, 9.17) is 95.9 Å². The number of rotatable bonds is 10. The van der Waals surface area contributed by atoms with Gasteiger partial charge in [0.25, 0.3) is 6.47 Å². The number of carbonyl (C=O) groups excluding carboxylic acids is 1. The molecule has 1 unspecified atom stereocenters. The topological polar surface area (TPSA) is 299 Å². The van der Waals surface area contributed by atoms with Crippen molar-refractivity contribution in [2.45, 2.75) is 6.04 Å². The van der Waals surface area contributed by atoms with E-state index in [9.17, 15) is 18.3 Å². The number of fused-ring (bicyclic) bond motifs is 3. The van der Waals surface area contributed by atoms with Crippen molar-refractivity contribution in [2.24, 2.45) is 0 Å². The van der Waals surface area contributed by atoms with Gasteiger partial charge in [0.1, 0.15) is 57.2 Å². The number of nitrogens with one attached hydrogen (secondary N) is 3. The van der Waals surface area contributed by atoms with Gasteiger partial charge in [0.05, 0.1) is 46.7 Å². The average molecular weight is 1640 g/mol. The fourth-order valence-corrected chi connectivity index (χ4v) is 12.5. The quantitative estimate of drug-likeness (QED) is 0.00979. The fraction of sp³-hybridized carbons (Fsp3) is 0.246. The molecular weight excluding hydrogens is 1580 g/mol. The Kier molecular flexibility index (Phi) is 42.5. The van der Waals surface area contributed by atoms with Crippen molar-refractivity contribution in [3.63, 3.8) is 0 Å². The molecule has 0 saturated carbocycles. The number of likely N-dealkylation sites (N-methyl/N-ethyl adjacent to an activating group) is 1. The number of ether oxygens (including phenoxy) is 1. The number of hydrogen-bond donors (Lipinski definition) is 5. The van der Waals surface area contributed by atoms with E-state index in [0.717, 1.165) is 61.9 Å². The number of hydrogen-bond acceptors (Lipinski definition) is 21. The van der Waals surface area contributed by atoms with E-state index in [2.05, 4.69) is 96.2 Å². The van der Waals surface area contributed by atoms with E-state index in [1.54, 1.807) is 65.6 Å². The second-order valence-electron chi connectivity index (χ2n) is 20.2. The molecule has 8 aromatic rings. The number of halogens is 7. The van der Waals surface area contributed by atoms with E-state index in [1.165, 1.54) is 75.5 Å². The molecule has 92 heavy (non-hydrogen) atoms. The summed E-state index contributed by atoms with van der Waals surface area (Å²) in [7, 11) is -5.79. The minimum absolute atomic E-state index is 0. The molecule has 0 aliphatic carbocycles. The van der Waals surface area contributed by atoms with Gasteiger partial charge in [0.2, 0.25) is 16.5 Å². The fourth-order valence-electron chi connectivity index (χ4n) is 7.81. The molecule has 1 fully saturated rings. The Morgan fingerprint density at radius 2 is 1.11 bits per heavy atom. The summed E-state index contributed by atoms with van der Waals surface area (Å²) in [6, 6.07) is 36.3. The van der Waals surface area contributed by atoms with Gasteiger partial charge in [-0.3, -0.25) is 4.79 Å². The molecule has 5 aromatic carbocycles. The van der Waals surface area contributed by atoms with Crippen molar-refractivity contribution in [3.05, 3.63) is 168 Å². The van der Waals surface area contributed by atoms with E-state index >= 15 is 0 Å². The molecule has 0 spiro atoms. The predicted molar refractivity (Wildman–Crippen MR) is 389 cm³/mol. The van der Waals surface area contributed by atoms with Gasteiger partial charge >= 0.3 is 122 Å². The van der Waals surface area contributed by atoms with Gasteiger partial charge in [-0.15, -0.1) is 0 Å². The zero-order valence-corrected chi connectivity index (χ0v) is 72.3. The number of anilines is 9. The van der Waals surface area contributed by atoms with Gasteiger partial charge in [0, 0.05) is 62.2 Å². The molecule has 5 heterocycles. The Bertz CT molecular complexity index is 3820. The van der Waals surface area contributed by atoms with Gasteiger partial charge in [-0.25, -0.2) is 19.9 Å². The Morgan fingerprint density at radius 1 is 0.663 bits per heavy atom. The van der Waals surface area contributed by atoms with Gasteiger partial charge < -0.3 is 65.8 Å².